The van der Waals surface area contributed by atoms with Crippen molar-refractivity contribution in [2.24, 2.45) is 0 Å². The summed E-state index contributed by atoms with van der Waals surface area (Å²) in [6.45, 7) is 6.38. The number of furan rings is 1. The number of likely N-dealkylation sites (N-methyl/N-ethyl adjacent to an activating group) is 1. The van der Waals surface area contributed by atoms with Gasteiger partial charge in [-0.3, -0.25) is 9.69 Å². The number of thioether (sulfide) groups is 1. The first-order chi connectivity index (χ1) is 11.4. The normalized spacial score (nSPS) is 21.0. The lowest BCUT2D eigenvalue weighted by Crippen LogP contribution is -2.38. The number of hydrogen-bond acceptors (Lipinski definition) is 6. The van der Waals surface area contributed by atoms with Crippen LogP contribution in [0.3, 0.4) is 0 Å². The molecule has 8 heteroatoms. The smallest absolute Gasteiger partial charge is 0.230 e. The van der Waals surface area contributed by atoms with Crippen LogP contribution in [-0.4, -0.2) is 61.4 Å². The van der Waals surface area contributed by atoms with E-state index in [1.54, 1.807) is 6.26 Å². The third kappa shape index (κ3) is 5.53. The molecule has 1 aliphatic heterocycles. The van der Waals surface area contributed by atoms with Crippen LogP contribution in [0.15, 0.2) is 22.8 Å². The van der Waals surface area contributed by atoms with E-state index in [0.29, 0.717) is 18.7 Å². The molecule has 0 bridgehead atoms. The number of nitrogens with one attached hydrogen (secondary N) is 1. The molecule has 1 aliphatic rings. The van der Waals surface area contributed by atoms with Crippen LogP contribution >= 0.6 is 11.8 Å². The van der Waals surface area contributed by atoms with Gasteiger partial charge in [0.25, 0.3) is 0 Å². The fraction of sp³-hybridized carbons (Fsp3) is 0.688. The summed E-state index contributed by atoms with van der Waals surface area (Å²) in [7, 11) is -2.89. The van der Waals surface area contributed by atoms with Crippen LogP contribution in [-0.2, 0) is 14.6 Å². The summed E-state index contributed by atoms with van der Waals surface area (Å²) in [5.74, 6) is 1.51. The summed E-state index contributed by atoms with van der Waals surface area (Å²) in [4.78, 5) is 14.3. The number of amides is 1. The van der Waals surface area contributed by atoms with Crippen molar-refractivity contribution in [3.63, 3.8) is 0 Å². The van der Waals surface area contributed by atoms with Gasteiger partial charge in [0.2, 0.25) is 5.91 Å². The van der Waals surface area contributed by atoms with Crippen molar-refractivity contribution >= 4 is 27.5 Å². The molecule has 0 saturated carbocycles. The van der Waals surface area contributed by atoms with Crippen molar-refractivity contribution in [2.45, 2.75) is 31.6 Å². The summed E-state index contributed by atoms with van der Waals surface area (Å²) >= 11 is 1.44. The molecule has 0 spiro atoms. The predicted molar refractivity (Wildman–Crippen MR) is 96.9 cm³/mol. The van der Waals surface area contributed by atoms with Gasteiger partial charge in [-0.1, -0.05) is 13.8 Å². The second kappa shape index (κ2) is 8.92. The molecule has 1 fully saturated rings. The molecule has 1 N–H and O–H groups in total. The number of carbonyl (C=O) groups is 1. The lowest BCUT2D eigenvalue weighted by molar-refractivity contribution is -0.118. The van der Waals surface area contributed by atoms with Crippen LogP contribution in [0, 0.1) is 0 Å². The average Bonchev–Trinajstić information content (AvgIpc) is 3.19. The van der Waals surface area contributed by atoms with Gasteiger partial charge in [0.15, 0.2) is 9.84 Å². The minimum Gasteiger partial charge on any atom is -0.468 e. The molecule has 0 unspecified atom stereocenters. The first kappa shape index (κ1) is 19.3. The quantitative estimate of drug-likeness (QED) is 0.709. The summed E-state index contributed by atoms with van der Waals surface area (Å²) < 4.78 is 28.4. The van der Waals surface area contributed by atoms with Crippen molar-refractivity contribution in [1.82, 2.24) is 10.2 Å². The molecule has 1 amide bonds. The molecular weight excluding hydrogens is 348 g/mol. The molecule has 2 atom stereocenters. The van der Waals surface area contributed by atoms with Gasteiger partial charge in [0.1, 0.15) is 5.76 Å². The Morgan fingerprint density at radius 2 is 2.21 bits per heavy atom. The highest BCUT2D eigenvalue weighted by Gasteiger charge is 2.28. The highest BCUT2D eigenvalue weighted by atomic mass is 32.2. The molecule has 2 heterocycles. The van der Waals surface area contributed by atoms with Crippen molar-refractivity contribution in [1.29, 1.82) is 0 Å². The van der Waals surface area contributed by atoms with Crippen LogP contribution in [0.2, 0.25) is 0 Å². The number of carbonyl (C=O) groups excluding carboxylic acids is 1. The molecule has 2 rings (SSSR count). The Hall–Kier alpha value is -0.990. The fourth-order valence-electron chi connectivity index (χ4n) is 2.90. The first-order valence-corrected chi connectivity index (χ1v) is 11.2. The molecule has 1 aromatic heterocycles. The molecule has 0 aromatic carbocycles. The zero-order valence-corrected chi connectivity index (χ0v) is 15.9. The van der Waals surface area contributed by atoms with Gasteiger partial charge >= 0.3 is 0 Å². The second-order valence-corrected chi connectivity index (χ2v) is 9.41. The maximum absolute atomic E-state index is 12.1. The molecular formula is C16H26N2O4S2. The van der Waals surface area contributed by atoms with Gasteiger partial charge in [-0.15, -0.1) is 11.8 Å². The second-order valence-electron chi connectivity index (χ2n) is 5.89. The summed E-state index contributed by atoms with van der Waals surface area (Å²) in [5, 5.41) is 3.00. The van der Waals surface area contributed by atoms with E-state index in [2.05, 4.69) is 24.1 Å². The minimum absolute atomic E-state index is 0.0100. The Kier molecular flexibility index (Phi) is 7.18. The van der Waals surface area contributed by atoms with E-state index in [0.717, 1.165) is 18.8 Å². The number of sulfone groups is 1. The zero-order chi connectivity index (χ0) is 17.6. The van der Waals surface area contributed by atoms with E-state index in [9.17, 15) is 13.2 Å². The first-order valence-electron chi connectivity index (χ1n) is 8.31. The van der Waals surface area contributed by atoms with Gasteiger partial charge in [-0.2, -0.15) is 0 Å². The standard InChI is InChI=1S/C16H26N2O4S2/c1-3-18(4-2)14(15-6-5-8-22-15)10-17-16(19)11-23-13-7-9-24(20,21)12-13/h5-6,8,13-14H,3-4,7,9-12H2,1-2H3,(H,17,19)/t13-,14-/m1/s1. The number of nitrogens with zero attached hydrogens (tertiary/aromatic N) is 1. The minimum atomic E-state index is -2.89. The molecule has 1 saturated heterocycles. The topological polar surface area (TPSA) is 79.6 Å². The molecule has 136 valence electrons. The van der Waals surface area contributed by atoms with E-state index in [4.69, 9.17) is 4.42 Å². The van der Waals surface area contributed by atoms with Crippen LogP contribution < -0.4 is 5.32 Å². The highest BCUT2D eigenvalue weighted by Crippen LogP contribution is 2.24. The van der Waals surface area contributed by atoms with Crippen LogP contribution in [0.4, 0.5) is 0 Å². The van der Waals surface area contributed by atoms with E-state index < -0.39 is 9.84 Å². The Labute approximate surface area is 148 Å². The van der Waals surface area contributed by atoms with E-state index >= 15 is 0 Å². The monoisotopic (exact) mass is 374 g/mol. The van der Waals surface area contributed by atoms with Crippen LogP contribution in [0.5, 0.6) is 0 Å². The third-order valence-corrected chi connectivity index (χ3v) is 7.54. The summed E-state index contributed by atoms with van der Waals surface area (Å²) in [6.07, 6.45) is 2.29. The predicted octanol–water partition coefficient (Wildman–Crippen LogP) is 1.70. The molecule has 0 radical (unpaired) electrons. The maximum atomic E-state index is 12.1. The SMILES string of the molecule is CCN(CC)[C@H](CNC(=O)CS[C@@H]1CCS(=O)(=O)C1)c1ccco1. The summed E-state index contributed by atoms with van der Waals surface area (Å²) in [5.41, 5.74) is 0. The molecule has 0 aliphatic carbocycles. The summed E-state index contributed by atoms with van der Waals surface area (Å²) in [6, 6.07) is 3.79. The van der Waals surface area contributed by atoms with Crippen molar-refractivity contribution in [3.8, 4) is 0 Å². The van der Waals surface area contributed by atoms with Crippen LogP contribution in [0.25, 0.3) is 0 Å². The van der Waals surface area contributed by atoms with E-state index in [1.807, 2.05) is 12.1 Å². The fourth-order valence-corrected chi connectivity index (χ4v) is 6.38. The van der Waals surface area contributed by atoms with Crippen LogP contribution in [0.1, 0.15) is 32.1 Å². The maximum Gasteiger partial charge on any atom is 0.230 e. The van der Waals surface area contributed by atoms with Gasteiger partial charge in [-0.25, -0.2) is 8.42 Å². The Morgan fingerprint density at radius 1 is 1.46 bits per heavy atom. The van der Waals surface area contributed by atoms with Crippen molar-refractivity contribution in [2.75, 3.05) is 36.9 Å². The van der Waals surface area contributed by atoms with Gasteiger partial charge < -0.3 is 9.73 Å². The highest BCUT2D eigenvalue weighted by molar-refractivity contribution is 8.02. The van der Waals surface area contributed by atoms with Crippen molar-refractivity contribution in [3.05, 3.63) is 24.2 Å². The Morgan fingerprint density at radius 3 is 2.75 bits per heavy atom. The third-order valence-electron chi connectivity index (χ3n) is 4.26. The van der Waals surface area contributed by atoms with E-state index in [-0.39, 0.29) is 28.7 Å². The van der Waals surface area contributed by atoms with Gasteiger partial charge in [-0.05, 0) is 31.6 Å². The van der Waals surface area contributed by atoms with Gasteiger partial charge in [0.05, 0.1) is 29.6 Å². The van der Waals surface area contributed by atoms with Gasteiger partial charge in [0, 0.05) is 11.8 Å². The van der Waals surface area contributed by atoms with Crippen molar-refractivity contribution < 1.29 is 17.6 Å². The lowest BCUT2D eigenvalue weighted by atomic mass is 10.2. The molecule has 1 aromatic rings. The average molecular weight is 375 g/mol. The largest absolute Gasteiger partial charge is 0.468 e. The lowest BCUT2D eigenvalue weighted by Gasteiger charge is -2.28. The Bertz CT molecular complexity index is 612. The zero-order valence-electron chi connectivity index (χ0n) is 14.2. The number of hydrogen-bond donors (Lipinski definition) is 1. The molecule has 6 nitrogen and oxygen atoms in total. The van der Waals surface area contributed by atoms with E-state index in [1.165, 1.54) is 11.8 Å². The number of rotatable bonds is 9. The molecule has 24 heavy (non-hydrogen) atoms. The Balaban J connectivity index is 1.82.